The molecule has 3 saturated heterocycles. The number of ether oxygens (including phenoxy) is 5. The van der Waals surface area contributed by atoms with Crippen molar-refractivity contribution in [1.82, 2.24) is 25.1 Å². The zero-order valence-electron chi connectivity index (χ0n) is 43.6. The van der Waals surface area contributed by atoms with Gasteiger partial charge in [0.1, 0.15) is 36.0 Å². The summed E-state index contributed by atoms with van der Waals surface area (Å²) in [6, 6.07) is 25.6. The van der Waals surface area contributed by atoms with E-state index < -0.39 is 95.2 Å². The second-order valence-corrected chi connectivity index (χ2v) is 19.4. The third kappa shape index (κ3) is 9.97. The average Bonchev–Trinajstić information content (AvgIpc) is 2.44. The summed E-state index contributed by atoms with van der Waals surface area (Å²) in [6.45, 7) is 3.78. The Bertz CT molecular complexity index is 3110. The Labute approximate surface area is 450 Å². The summed E-state index contributed by atoms with van der Waals surface area (Å²) >= 11 is 0. The summed E-state index contributed by atoms with van der Waals surface area (Å²) in [5, 5.41) is 12.7. The van der Waals surface area contributed by atoms with E-state index in [0.29, 0.717) is 28.4 Å². The predicted molar refractivity (Wildman–Crippen MR) is 280 cm³/mol. The maximum absolute atomic E-state index is 16.9. The van der Waals surface area contributed by atoms with Gasteiger partial charge < -0.3 is 43.9 Å². The fourth-order valence-electron chi connectivity index (χ4n) is 11.3. The minimum absolute atomic E-state index is 0.0167. The van der Waals surface area contributed by atoms with E-state index in [4.69, 9.17) is 23.7 Å². The molecule has 0 unspecified atom stereocenters. The fourth-order valence-corrected chi connectivity index (χ4v) is 11.3. The zero-order valence-corrected chi connectivity index (χ0v) is 43.6. The van der Waals surface area contributed by atoms with Crippen molar-refractivity contribution in [1.29, 1.82) is 0 Å². The third-order valence-corrected chi connectivity index (χ3v) is 14.8. The molecule has 2 N–H and O–H groups in total. The first-order chi connectivity index (χ1) is 37.8. The van der Waals surface area contributed by atoms with Gasteiger partial charge in [-0.05, 0) is 64.6 Å². The van der Waals surface area contributed by atoms with E-state index in [0.717, 1.165) is 19.1 Å². The predicted octanol–water partition coefficient (Wildman–Crippen LogP) is 4.47. The number of imide groups is 1. The lowest BCUT2D eigenvalue weighted by Gasteiger charge is -2.46. The number of aromatic nitrogens is 2. The summed E-state index contributed by atoms with van der Waals surface area (Å²) in [4.78, 5) is 118. The highest BCUT2D eigenvalue weighted by Crippen LogP contribution is 2.66. The number of cyclic esters (lactones) is 1. The van der Waals surface area contributed by atoms with E-state index in [1.807, 2.05) is 70.5 Å². The number of anilines is 2. The Morgan fingerprint density at radius 1 is 0.769 bits per heavy atom. The van der Waals surface area contributed by atoms with Crippen molar-refractivity contribution < 1.29 is 62.4 Å². The number of nitrogens with one attached hydrogen (secondary N) is 1. The largest absolute Gasteiger partial charge is 0.491 e. The average molecular weight is 1060 g/mol. The molecule has 404 valence electrons. The Hall–Kier alpha value is -8.67. The number of hydrogen-bond donors (Lipinski definition) is 2. The Morgan fingerprint density at radius 3 is 2.04 bits per heavy atom. The molecule has 20 nitrogen and oxygen atoms in total. The van der Waals surface area contributed by atoms with Crippen LogP contribution >= 0.6 is 0 Å². The van der Waals surface area contributed by atoms with Crippen molar-refractivity contribution in [2.75, 3.05) is 70.5 Å². The van der Waals surface area contributed by atoms with Crippen molar-refractivity contribution in [3.63, 3.8) is 0 Å². The number of piperazine rings is 1. The first-order valence-corrected chi connectivity index (χ1v) is 25.5. The zero-order chi connectivity index (χ0) is 55.3. The first-order valence-electron chi connectivity index (χ1n) is 25.5. The van der Waals surface area contributed by atoms with E-state index in [1.54, 1.807) is 73.6 Å². The molecule has 4 aliphatic rings. The Morgan fingerprint density at radius 2 is 1.41 bits per heavy atom. The number of amides is 4. The highest BCUT2D eigenvalue weighted by Gasteiger charge is 2.76. The number of aliphatic hydroxyl groups is 1. The van der Waals surface area contributed by atoms with Crippen LogP contribution in [-0.2, 0) is 53.1 Å². The molecular formula is C58H59N7O13. The van der Waals surface area contributed by atoms with Gasteiger partial charge in [0.05, 0.1) is 51.6 Å². The number of carbonyl (C=O) groups excluding carboxylic acids is 7. The second kappa shape index (κ2) is 23.3. The molecule has 4 aromatic carbocycles. The van der Waals surface area contributed by atoms with Gasteiger partial charge >= 0.3 is 29.9 Å². The Balaban J connectivity index is 1.34. The third-order valence-electron chi connectivity index (χ3n) is 14.8. The van der Waals surface area contributed by atoms with Crippen LogP contribution < -0.4 is 19.9 Å². The van der Waals surface area contributed by atoms with Gasteiger partial charge in [-0.25, -0.2) is 24.5 Å². The number of methoxy groups -OCH3 is 3. The van der Waals surface area contributed by atoms with Gasteiger partial charge in [0.15, 0.2) is 5.92 Å². The number of urea groups is 1. The monoisotopic (exact) mass is 1060 g/mol. The van der Waals surface area contributed by atoms with Crippen LogP contribution in [-0.4, -0.2) is 139 Å². The van der Waals surface area contributed by atoms with Gasteiger partial charge in [-0.2, -0.15) is 0 Å². The lowest BCUT2D eigenvalue weighted by molar-refractivity contribution is -0.179. The summed E-state index contributed by atoms with van der Waals surface area (Å²) in [5.74, 6) is -1.73. The molecule has 0 bridgehead atoms. The lowest BCUT2D eigenvalue weighted by atomic mass is 9.64. The van der Waals surface area contributed by atoms with Crippen LogP contribution in [0.4, 0.5) is 16.4 Å². The van der Waals surface area contributed by atoms with E-state index in [2.05, 4.69) is 27.1 Å². The maximum atomic E-state index is 16.9. The number of esters is 4. The van der Waals surface area contributed by atoms with Crippen molar-refractivity contribution >= 4 is 53.4 Å². The Kier molecular flexibility index (Phi) is 16.2. The number of fused-ring (bicyclic) bond motifs is 3. The van der Waals surface area contributed by atoms with Crippen molar-refractivity contribution in [2.24, 2.45) is 17.8 Å². The van der Waals surface area contributed by atoms with Crippen molar-refractivity contribution in [2.45, 2.75) is 56.0 Å². The molecule has 0 saturated carbocycles. The molecule has 3 fully saturated rings. The quantitative estimate of drug-likeness (QED) is 0.0675. The fraction of sp³-hybridized carbons (Fsp3) is 0.362. The van der Waals surface area contributed by atoms with Crippen LogP contribution in [0.5, 0.6) is 5.75 Å². The van der Waals surface area contributed by atoms with E-state index in [9.17, 15) is 19.5 Å². The van der Waals surface area contributed by atoms with Gasteiger partial charge in [-0.3, -0.25) is 28.9 Å². The molecule has 5 aromatic rings. The van der Waals surface area contributed by atoms with Crippen molar-refractivity contribution in [3.8, 4) is 17.6 Å². The van der Waals surface area contributed by atoms with E-state index in [1.165, 1.54) is 13.2 Å². The molecule has 20 heteroatoms. The maximum Gasteiger partial charge on any atom is 0.329 e. The number of nitrogens with zero attached hydrogens (tertiary/aromatic N) is 6. The van der Waals surface area contributed by atoms with E-state index >= 15 is 19.2 Å². The van der Waals surface area contributed by atoms with Gasteiger partial charge in [-0.15, -0.1) is 0 Å². The standard InChI is InChI=1S/C58H59N7O13/c1-35(2)45(53(70)76-5)61-57(73)64-43-24-23-36(15-12-22-41(51(68)74-3)52(69)75-4)33-42(43)58(55(64)72)44(50(67)62-27-29-63(30-28-62)56-59-25-14-26-60-56)47-54(71)78-48(38-18-10-7-11-19-38)46(37-16-8-6-9-17-37)65(47)49(58)39-20-13-21-40(34-39)77-32-31-66/h6-11,13-14,16-21,23-26,33-35,41,44-49,66H,22,27-32H2,1-5H3,(H,61,73)/t44-,45-,46-,47-,48+,49+,58-/m0/s1. The lowest BCUT2D eigenvalue weighted by Crippen LogP contribution is -2.60. The molecule has 1 spiro atoms. The number of rotatable bonds is 14. The molecule has 5 heterocycles. The van der Waals surface area contributed by atoms with Crippen molar-refractivity contribution in [3.05, 3.63) is 149 Å². The van der Waals surface area contributed by atoms with Crippen LogP contribution in [0.3, 0.4) is 0 Å². The summed E-state index contributed by atoms with van der Waals surface area (Å²) < 4.78 is 27.5. The van der Waals surface area contributed by atoms with E-state index in [-0.39, 0.29) is 62.6 Å². The highest BCUT2D eigenvalue weighted by atomic mass is 16.6. The molecule has 78 heavy (non-hydrogen) atoms. The smallest absolute Gasteiger partial charge is 0.329 e. The molecule has 4 aliphatic heterocycles. The molecule has 7 atom stereocenters. The van der Waals surface area contributed by atoms with Gasteiger partial charge in [0, 0.05) is 50.6 Å². The second-order valence-electron chi connectivity index (χ2n) is 19.4. The number of morpholine rings is 1. The molecule has 0 radical (unpaired) electrons. The molecule has 4 amide bonds. The van der Waals surface area contributed by atoms with Crippen LogP contribution in [0.15, 0.2) is 122 Å². The number of hydrogen-bond acceptors (Lipinski definition) is 17. The summed E-state index contributed by atoms with van der Waals surface area (Å²) in [5.41, 5.74) is -0.173. The van der Waals surface area contributed by atoms with Gasteiger partial charge in [-0.1, -0.05) is 98.5 Å². The molecule has 9 rings (SSSR count). The van der Waals surface area contributed by atoms with Crippen LogP contribution in [0.1, 0.15) is 66.3 Å². The molecule has 0 aliphatic carbocycles. The van der Waals surface area contributed by atoms with Gasteiger partial charge in [0.2, 0.25) is 17.8 Å². The normalized spacial score (nSPS) is 21.9. The first kappa shape index (κ1) is 54.1. The topological polar surface area (TPSA) is 237 Å². The van der Waals surface area contributed by atoms with Crippen LogP contribution in [0.25, 0.3) is 0 Å². The highest BCUT2D eigenvalue weighted by molar-refractivity contribution is 6.25. The SMILES string of the molecule is COC(=O)C(CC#Cc1ccc2c(c1)[C@]1(C(=O)N2C(=O)N[C@H](C(=O)OC)C(C)C)[C@H](C(=O)N2CCN(c3ncccn3)CC2)[C@H]2C(=O)O[C@H](c3ccccc3)[C@H](c3ccccc3)N2[C@@H]1c1cccc(OCCO)c1)C(=O)OC. The minimum atomic E-state index is -2.24. The number of benzene rings is 4. The number of carbonyl (C=O) groups is 7. The van der Waals surface area contributed by atoms with Crippen LogP contribution in [0, 0.1) is 29.6 Å². The summed E-state index contributed by atoms with van der Waals surface area (Å²) in [6.07, 6.45) is 1.89. The molecular weight excluding hydrogens is 1000 g/mol. The van der Waals surface area contributed by atoms with Gasteiger partial charge in [0.25, 0.3) is 0 Å². The molecule has 1 aromatic heterocycles. The van der Waals surface area contributed by atoms with Crippen LogP contribution in [0.2, 0.25) is 0 Å². The number of aliphatic hydroxyl groups excluding tert-OH is 1. The minimum Gasteiger partial charge on any atom is -0.491 e. The summed E-state index contributed by atoms with van der Waals surface area (Å²) in [7, 11) is 3.45.